The molecule has 0 radical (unpaired) electrons. The van der Waals surface area contributed by atoms with E-state index in [1.165, 1.54) is 6.07 Å². The molecule has 0 atom stereocenters. The maximum atomic E-state index is 13.3. The number of thioether (sulfide) groups is 1. The zero-order valence-corrected chi connectivity index (χ0v) is 18.4. The molecule has 1 aromatic heterocycles. The first-order valence-corrected chi connectivity index (χ1v) is 11.3. The molecule has 0 N–H and O–H groups in total. The quantitative estimate of drug-likeness (QED) is 0.272. The number of halogens is 4. The average molecular weight is 461 g/mol. The van der Waals surface area contributed by atoms with Crippen LogP contribution in [0.3, 0.4) is 0 Å². The Morgan fingerprint density at radius 2 is 1.81 bits per heavy atom. The van der Waals surface area contributed by atoms with Gasteiger partial charge >= 0.3 is 6.18 Å². The Kier molecular flexibility index (Phi) is 6.30. The number of nitrogens with zero attached hydrogens (tertiary/aromatic N) is 2. The van der Waals surface area contributed by atoms with E-state index >= 15 is 0 Å². The van der Waals surface area contributed by atoms with Gasteiger partial charge in [-0.15, -0.1) is 11.8 Å². The molecule has 0 aliphatic carbocycles. The second-order valence-electron chi connectivity index (χ2n) is 7.23. The van der Waals surface area contributed by atoms with Gasteiger partial charge in [-0.3, -0.25) is 0 Å². The van der Waals surface area contributed by atoms with Crippen molar-refractivity contribution in [3.8, 4) is 11.4 Å². The molecule has 0 saturated carbocycles. The van der Waals surface area contributed by atoms with Crippen LogP contribution in [0.15, 0.2) is 71.6 Å². The summed E-state index contributed by atoms with van der Waals surface area (Å²) in [5, 5.41) is 0.613. The molecule has 0 fully saturated rings. The van der Waals surface area contributed by atoms with Crippen LogP contribution < -0.4 is 0 Å². The Balaban J connectivity index is 1.87. The molecule has 0 aliphatic rings. The number of rotatable bonds is 6. The fourth-order valence-electron chi connectivity index (χ4n) is 3.45. The van der Waals surface area contributed by atoms with E-state index in [0.717, 1.165) is 45.8 Å². The third kappa shape index (κ3) is 4.91. The van der Waals surface area contributed by atoms with Gasteiger partial charge in [0.05, 0.1) is 16.6 Å². The molecule has 4 rings (SSSR count). The summed E-state index contributed by atoms with van der Waals surface area (Å²) in [7, 11) is 0. The summed E-state index contributed by atoms with van der Waals surface area (Å²) in [6.07, 6.45) is -3.36. The summed E-state index contributed by atoms with van der Waals surface area (Å²) in [5.74, 6) is 1.49. The predicted molar refractivity (Wildman–Crippen MR) is 122 cm³/mol. The van der Waals surface area contributed by atoms with Crippen LogP contribution in [0, 0.1) is 0 Å². The lowest BCUT2D eigenvalue weighted by Crippen LogP contribution is -2.06. The van der Waals surface area contributed by atoms with Crippen LogP contribution in [-0.2, 0) is 12.7 Å². The highest BCUT2D eigenvalue weighted by molar-refractivity contribution is 7.99. The Hall–Kier alpha value is -2.44. The van der Waals surface area contributed by atoms with Crippen LogP contribution in [0.25, 0.3) is 22.4 Å². The number of alkyl halides is 3. The van der Waals surface area contributed by atoms with Crippen LogP contribution in [-0.4, -0.2) is 15.3 Å². The highest BCUT2D eigenvalue weighted by Crippen LogP contribution is 2.34. The Labute approximate surface area is 188 Å². The molecule has 0 aliphatic heterocycles. The maximum Gasteiger partial charge on any atom is 0.416 e. The second kappa shape index (κ2) is 8.97. The summed E-state index contributed by atoms with van der Waals surface area (Å²) in [4.78, 5) is 5.81. The average Bonchev–Trinajstić information content (AvgIpc) is 3.09. The van der Waals surface area contributed by atoms with Crippen LogP contribution >= 0.6 is 23.4 Å². The molecule has 0 saturated heterocycles. The smallest absolute Gasteiger partial charge is 0.319 e. The van der Waals surface area contributed by atoms with E-state index in [4.69, 9.17) is 16.6 Å². The third-order valence-electron chi connectivity index (χ3n) is 4.87. The van der Waals surface area contributed by atoms with Crippen molar-refractivity contribution < 1.29 is 13.2 Å². The summed E-state index contributed by atoms with van der Waals surface area (Å²) in [6, 6.07) is 18.8. The molecule has 4 aromatic rings. The van der Waals surface area contributed by atoms with Gasteiger partial charge in [-0.05, 0) is 60.2 Å². The first-order valence-electron chi connectivity index (χ1n) is 9.90. The van der Waals surface area contributed by atoms with E-state index in [1.807, 2.05) is 34.9 Å². The number of imidazole rings is 1. The van der Waals surface area contributed by atoms with Crippen molar-refractivity contribution in [2.75, 3.05) is 5.75 Å². The Morgan fingerprint density at radius 1 is 1.00 bits per heavy atom. The summed E-state index contributed by atoms with van der Waals surface area (Å²) in [5.41, 5.74) is 2.32. The largest absolute Gasteiger partial charge is 0.416 e. The monoisotopic (exact) mass is 460 g/mol. The zero-order chi connectivity index (χ0) is 22.0. The zero-order valence-electron chi connectivity index (χ0n) is 16.8. The first-order chi connectivity index (χ1) is 14.8. The Morgan fingerprint density at radius 3 is 2.55 bits per heavy atom. The van der Waals surface area contributed by atoms with Crippen molar-refractivity contribution >= 4 is 34.4 Å². The molecule has 3 aromatic carbocycles. The van der Waals surface area contributed by atoms with Crippen LogP contribution in [0.5, 0.6) is 0 Å². The van der Waals surface area contributed by atoms with E-state index in [9.17, 15) is 13.2 Å². The molecule has 1 heterocycles. The molecule has 0 spiro atoms. The van der Waals surface area contributed by atoms with E-state index in [2.05, 4.69) is 13.0 Å². The molecule has 7 heteroatoms. The Bertz CT molecular complexity index is 1220. The topological polar surface area (TPSA) is 17.8 Å². The molecule has 0 unspecified atom stereocenters. The minimum absolute atomic E-state index is 0.427. The molecular formula is C24H20ClF3N2S. The standard InChI is InChI=1S/C24H20ClF3N2S/c1-2-11-31-20-9-10-21-22(14-20)30(15-16-5-3-8-19(25)12-16)23(29-21)17-6-4-7-18(13-17)24(26,27)28/h3-10,12-14H,2,11,15H2,1H3. The molecule has 0 amide bonds. The predicted octanol–water partition coefficient (Wildman–Crippen LogP) is 7.93. The van der Waals surface area contributed by atoms with Gasteiger partial charge in [-0.2, -0.15) is 13.2 Å². The maximum absolute atomic E-state index is 13.3. The van der Waals surface area contributed by atoms with Crippen LogP contribution in [0.1, 0.15) is 24.5 Å². The van der Waals surface area contributed by atoms with Gasteiger partial charge in [-0.1, -0.05) is 42.8 Å². The fourth-order valence-corrected chi connectivity index (χ4v) is 4.46. The number of hydrogen-bond acceptors (Lipinski definition) is 2. The lowest BCUT2D eigenvalue weighted by molar-refractivity contribution is -0.137. The van der Waals surface area contributed by atoms with Gasteiger partial charge in [0.25, 0.3) is 0 Å². The molecule has 0 bridgehead atoms. The third-order valence-corrected chi connectivity index (χ3v) is 6.31. The van der Waals surface area contributed by atoms with Crippen molar-refractivity contribution in [1.82, 2.24) is 9.55 Å². The minimum Gasteiger partial charge on any atom is -0.319 e. The van der Waals surface area contributed by atoms with Crippen molar-refractivity contribution in [3.63, 3.8) is 0 Å². The highest BCUT2D eigenvalue weighted by atomic mass is 35.5. The van der Waals surface area contributed by atoms with Crippen molar-refractivity contribution in [3.05, 3.63) is 82.9 Å². The SMILES string of the molecule is CCCSc1ccc2nc(-c3cccc(C(F)(F)F)c3)n(Cc3cccc(Cl)c3)c2c1. The van der Waals surface area contributed by atoms with Crippen LogP contribution in [0.4, 0.5) is 13.2 Å². The van der Waals surface area contributed by atoms with E-state index in [-0.39, 0.29) is 0 Å². The summed E-state index contributed by atoms with van der Waals surface area (Å²) in [6.45, 7) is 2.57. The van der Waals surface area contributed by atoms with Gasteiger partial charge in [0.2, 0.25) is 0 Å². The minimum atomic E-state index is -4.41. The van der Waals surface area contributed by atoms with Crippen molar-refractivity contribution in [1.29, 1.82) is 0 Å². The molecular weight excluding hydrogens is 441 g/mol. The number of aromatic nitrogens is 2. The first kappa shape index (κ1) is 21.8. The van der Waals surface area contributed by atoms with Gasteiger partial charge in [-0.25, -0.2) is 4.98 Å². The molecule has 31 heavy (non-hydrogen) atoms. The van der Waals surface area contributed by atoms with E-state index in [1.54, 1.807) is 23.9 Å². The fraction of sp³-hybridized carbons (Fsp3) is 0.208. The molecule has 160 valence electrons. The lowest BCUT2D eigenvalue weighted by atomic mass is 10.1. The molecule has 2 nitrogen and oxygen atoms in total. The van der Waals surface area contributed by atoms with Crippen molar-refractivity contribution in [2.24, 2.45) is 0 Å². The number of benzene rings is 3. The van der Waals surface area contributed by atoms with Gasteiger partial charge < -0.3 is 4.57 Å². The van der Waals surface area contributed by atoms with E-state index in [0.29, 0.717) is 23.0 Å². The summed E-state index contributed by atoms with van der Waals surface area (Å²) < 4.78 is 41.9. The van der Waals surface area contributed by atoms with Gasteiger partial charge in [0.1, 0.15) is 5.82 Å². The lowest BCUT2D eigenvalue weighted by Gasteiger charge is -2.12. The highest BCUT2D eigenvalue weighted by Gasteiger charge is 2.31. The van der Waals surface area contributed by atoms with Crippen LogP contribution in [0.2, 0.25) is 5.02 Å². The second-order valence-corrected chi connectivity index (χ2v) is 8.83. The normalized spacial score (nSPS) is 11.9. The number of fused-ring (bicyclic) bond motifs is 1. The van der Waals surface area contributed by atoms with Gasteiger partial charge in [0.15, 0.2) is 0 Å². The van der Waals surface area contributed by atoms with E-state index < -0.39 is 11.7 Å². The van der Waals surface area contributed by atoms with Crippen molar-refractivity contribution in [2.45, 2.75) is 31.0 Å². The summed E-state index contributed by atoms with van der Waals surface area (Å²) >= 11 is 7.91. The number of hydrogen-bond donors (Lipinski definition) is 0. The van der Waals surface area contributed by atoms with Gasteiger partial charge in [0, 0.05) is 22.0 Å².